The highest BCUT2D eigenvalue weighted by Crippen LogP contribution is 2.26. The maximum absolute atomic E-state index is 6.16. The van der Waals surface area contributed by atoms with Crippen LogP contribution in [0.25, 0.3) is 10.9 Å². The lowest BCUT2D eigenvalue weighted by atomic mass is 9.67. The van der Waals surface area contributed by atoms with Crippen molar-refractivity contribution in [1.29, 1.82) is 0 Å². The molecule has 1 heterocycles. The summed E-state index contributed by atoms with van der Waals surface area (Å²) in [4.78, 5) is 5.13. The van der Waals surface area contributed by atoms with E-state index in [-0.39, 0.29) is 11.8 Å². The number of hydrogen-bond donors (Lipinski definition) is 1. The quantitative estimate of drug-likeness (QED) is 0.755. The van der Waals surface area contributed by atoms with Crippen LogP contribution in [0.15, 0.2) is 30.5 Å². The van der Waals surface area contributed by atoms with Crippen molar-refractivity contribution >= 4 is 26.6 Å². The lowest BCUT2D eigenvalue weighted by Crippen LogP contribution is -2.34. The first kappa shape index (κ1) is 11.3. The molecule has 1 N–H and O–H groups in total. The minimum absolute atomic E-state index is 0.181. The second-order valence-electron chi connectivity index (χ2n) is 4.27. The number of H-pyrrole nitrogens is 1. The second-order valence-corrected chi connectivity index (χ2v) is 4.27. The second kappa shape index (κ2) is 4.38. The summed E-state index contributed by atoms with van der Waals surface area (Å²) in [6.07, 6.45) is 1.94. The molecule has 2 rings (SSSR count). The topological polar surface area (TPSA) is 19.0 Å². The Hall–Kier alpha value is -1.15. The smallest absolute Gasteiger partial charge is 0.0908 e. The molecule has 78 valence electrons. The van der Waals surface area contributed by atoms with Gasteiger partial charge in [-0.05, 0) is 37.5 Å². The summed E-state index contributed by atoms with van der Waals surface area (Å²) in [5.74, 6) is -0.370. The van der Waals surface area contributed by atoms with Gasteiger partial charge in [-0.15, -0.1) is 0 Å². The van der Waals surface area contributed by atoms with Crippen molar-refractivity contribution < 1.29 is 0 Å². The van der Waals surface area contributed by atoms with Gasteiger partial charge in [-0.25, -0.2) is 0 Å². The van der Waals surface area contributed by atoms with Crippen LogP contribution in [0.2, 0.25) is 0 Å². The van der Waals surface area contributed by atoms with Gasteiger partial charge >= 0.3 is 0 Å². The molecule has 1 aromatic heterocycles. The third-order valence-electron chi connectivity index (χ3n) is 2.94. The summed E-state index contributed by atoms with van der Waals surface area (Å²) in [7, 11) is 16.1. The normalized spacial score (nSPS) is 15.4. The molecule has 16 heavy (non-hydrogen) atoms. The fraction of sp³-hybridized carbons (Fsp3) is 0.333. The molecule has 4 radical (unpaired) electrons. The number of nitrogens with one attached hydrogen (secondary N) is 1. The van der Waals surface area contributed by atoms with E-state index in [1.165, 1.54) is 0 Å². The van der Waals surface area contributed by atoms with Gasteiger partial charge in [-0.1, -0.05) is 18.2 Å². The van der Waals surface area contributed by atoms with Crippen LogP contribution in [0.5, 0.6) is 0 Å². The molecule has 0 bridgehead atoms. The summed E-state index contributed by atoms with van der Waals surface area (Å²) in [6, 6.07) is 8.10. The van der Waals surface area contributed by atoms with Crippen LogP contribution in [0.4, 0.5) is 0 Å². The molecule has 2 atom stereocenters. The molecule has 0 amide bonds. The maximum atomic E-state index is 6.16. The van der Waals surface area contributed by atoms with Gasteiger partial charge in [0.1, 0.15) is 0 Å². The van der Waals surface area contributed by atoms with Crippen molar-refractivity contribution in [2.75, 3.05) is 14.1 Å². The van der Waals surface area contributed by atoms with Crippen LogP contribution >= 0.6 is 0 Å². The third-order valence-corrected chi connectivity index (χ3v) is 2.94. The van der Waals surface area contributed by atoms with Crippen LogP contribution in [0.3, 0.4) is 0 Å². The first-order valence-electron chi connectivity index (χ1n) is 5.35. The fourth-order valence-corrected chi connectivity index (χ4v) is 1.87. The van der Waals surface area contributed by atoms with Crippen molar-refractivity contribution in [3.63, 3.8) is 0 Å². The Bertz CT molecular complexity index is 479. The van der Waals surface area contributed by atoms with Crippen LogP contribution in [0, 0.1) is 0 Å². The Morgan fingerprint density at radius 1 is 1.19 bits per heavy atom. The number of fused-ring (bicyclic) bond motifs is 1. The average molecular weight is 208 g/mol. The molecule has 0 aliphatic rings. The van der Waals surface area contributed by atoms with Gasteiger partial charge in [-0.3, -0.25) is 0 Å². The van der Waals surface area contributed by atoms with Crippen molar-refractivity contribution in [2.45, 2.75) is 11.8 Å². The van der Waals surface area contributed by atoms with Gasteiger partial charge in [0.15, 0.2) is 0 Å². The zero-order valence-electron chi connectivity index (χ0n) is 9.64. The molecule has 2 unspecified atom stereocenters. The first-order chi connectivity index (χ1) is 7.61. The zero-order valence-corrected chi connectivity index (χ0v) is 9.64. The van der Waals surface area contributed by atoms with E-state index in [0.29, 0.717) is 0 Å². The van der Waals surface area contributed by atoms with E-state index in [1.807, 2.05) is 43.4 Å². The third kappa shape index (κ3) is 1.90. The largest absolute Gasteiger partial charge is 0.361 e. The van der Waals surface area contributed by atoms with E-state index < -0.39 is 0 Å². The molecule has 0 spiro atoms. The SMILES string of the molecule is [B]C(c1c[nH]c2ccccc12)C([B])N(C)C. The molecule has 4 heteroatoms. The van der Waals surface area contributed by atoms with Crippen molar-refractivity contribution in [3.05, 3.63) is 36.0 Å². The lowest BCUT2D eigenvalue weighted by molar-refractivity contribution is 0.368. The van der Waals surface area contributed by atoms with Gasteiger partial charge in [0.25, 0.3) is 0 Å². The number of nitrogens with zero attached hydrogens (tertiary/aromatic N) is 1. The van der Waals surface area contributed by atoms with Crippen LogP contribution in [-0.2, 0) is 0 Å². The number of aromatic amines is 1. The molecule has 2 nitrogen and oxygen atoms in total. The van der Waals surface area contributed by atoms with Gasteiger partial charge < -0.3 is 9.88 Å². The number of rotatable bonds is 3. The molecular formula is C12H14B2N2. The molecule has 0 aliphatic heterocycles. The Labute approximate surface area is 98.8 Å². The van der Waals surface area contributed by atoms with Crippen molar-refractivity contribution in [3.8, 4) is 0 Å². The summed E-state index contributed by atoms with van der Waals surface area (Å²) in [6.45, 7) is 0. The number of para-hydroxylation sites is 1. The predicted molar refractivity (Wildman–Crippen MR) is 70.0 cm³/mol. The van der Waals surface area contributed by atoms with E-state index in [1.54, 1.807) is 0 Å². The molecular weight excluding hydrogens is 194 g/mol. The standard InChI is InChI=1S/C12H14B2N2/c1-16(2)12(14)11(13)9-7-15-10-6-4-3-5-8(9)10/h3-7,11-12,15H,1-2H3. The summed E-state index contributed by atoms with van der Waals surface area (Å²) in [5, 5.41) is 1.15. The molecule has 2 aromatic rings. The Morgan fingerprint density at radius 3 is 2.56 bits per heavy atom. The van der Waals surface area contributed by atoms with E-state index in [2.05, 4.69) is 11.1 Å². The van der Waals surface area contributed by atoms with Crippen LogP contribution < -0.4 is 0 Å². The monoisotopic (exact) mass is 208 g/mol. The lowest BCUT2D eigenvalue weighted by Gasteiger charge is -2.27. The molecule has 0 saturated heterocycles. The van der Waals surface area contributed by atoms with E-state index >= 15 is 0 Å². The van der Waals surface area contributed by atoms with Gasteiger partial charge in [0, 0.05) is 17.1 Å². The highest BCUT2D eigenvalue weighted by Gasteiger charge is 2.18. The van der Waals surface area contributed by atoms with Crippen LogP contribution in [-0.4, -0.2) is 45.6 Å². The average Bonchev–Trinajstić information content (AvgIpc) is 2.70. The summed E-state index contributed by atoms with van der Waals surface area (Å²) >= 11 is 0. The zero-order chi connectivity index (χ0) is 11.7. The van der Waals surface area contributed by atoms with Gasteiger partial charge in [0.05, 0.1) is 15.7 Å². The Kier molecular flexibility index (Phi) is 3.10. The molecule has 1 aromatic carbocycles. The minimum Gasteiger partial charge on any atom is -0.361 e. The highest BCUT2D eigenvalue weighted by molar-refractivity contribution is 6.22. The van der Waals surface area contributed by atoms with Gasteiger partial charge in [-0.2, -0.15) is 0 Å². The molecule has 0 saturated carbocycles. The number of benzene rings is 1. The highest BCUT2D eigenvalue weighted by atomic mass is 15.1. The van der Waals surface area contributed by atoms with Crippen molar-refractivity contribution in [1.82, 2.24) is 9.88 Å². The van der Waals surface area contributed by atoms with E-state index in [4.69, 9.17) is 15.7 Å². The minimum atomic E-state index is -0.189. The number of hydrogen-bond acceptors (Lipinski definition) is 1. The number of likely N-dealkylation sites (N-methyl/N-ethyl adjacent to an activating group) is 1. The Balaban J connectivity index is 2.40. The van der Waals surface area contributed by atoms with Gasteiger partial charge in [0.2, 0.25) is 0 Å². The fourth-order valence-electron chi connectivity index (χ4n) is 1.87. The first-order valence-corrected chi connectivity index (χ1v) is 5.35. The van der Waals surface area contributed by atoms with Crippen molar-refractivity contribution in [2.24, 2.45) is 0 Å². The predicted octanol–water partition coefficient (Wildman–Crippen LogP) is 1.43. The maximum Gasteiger partial charge on any atom is 0.0908 e. The van der Waals surface area contributed by atoms with Crippen LogP contribution in [0.1, 0.15) is 11.4 Å². The summed E-state index contributed by atoms with van der Waals surface area (Å²) < 4.78 is 0. The van der Waals surface area contributed by atoms with E-state index in [0.717, 1.165) is 16.5 Å². The molecule has 0 aliphatic carbocycles. The Morgan fingerprint density at radius 2 is 1.88 bits per heavy atom. The summed E-state index contributed by atoms with van der Waals surface area (Å²) in [5.41, 5.74) is 2.16. The molecule has 0 fully saturated rings. The van der Waals surface area contributed by atoms with E-state index in [9.17, 15) is 0 Å². The number of aromatic nitrogens is 1.